The van der Waals surface area contributed by atoms with Crippen molar-refractivity contribution in [2.24, 2.45) is 0 Å². The van der Waals surface area contributed by atoms with Crippen LogP contribution in [0.2, 0.25) is 0 Å². The number of nitrogens with zero attached hydrogens (tertiary/aromatic N) is 1. The highest BCUT2D eigenvalue weighted by molar-refractivity contribution is 7.80. The van der Waals surface area contributed by atoms with Crippen molar-refractivity contribution in [2.45, 2.75) is 25.8 Å². The fourth-order valence-corrected chi connectivity index (χ4v) is 2.88. The van der Waals surface area contributed by atoms with E-state index in [1.165, 1.54) is 12.0 Å². The maximum absolute atomic E-state index is 12.4. The van der Waals surface area contributed by atoms with Gasteiger partial charge in [-0.05, 0) is 42.9 Å². The summed E-state index contributed by atoms with van der Waals surface area (Å²) < 4.78 is 10.1. The molecule has 1 aromatic carbocycles. The number of ether oxygens (including phenoxy) is 2. The van der Waals surface area contributed by atoms with Crippen LogP contribution in [-0.4, -0.2) is 60.6 Å². The maximum Gasteiger partial charge on any atom is 0.308 e. The molecular formula is C18H23N3O5S. The molecule has 1 aliphatic heterocycles. The summed E-state index contributed by atoms with van der Waals surface area (Å²) in [5.74, 6) is -0.578. The predicted molar refractivity (Wildman–Crippen MR) is 102 cm³/mol. The lowest BCUT2D eigenvalue weighted by molar-refractivity contribution is -0.144. The molecule has 0 spiro atoms. The van der Waals surface area contributed by atoms with Crippen LogP contribution in [0.15, 0.2) is 24.3 Å². The van der Waals surface area contributed by atoms with Gasteiger partial charge in [-0.2, -0.15) is 0 Å². The number of hydrogen-bond acceptors (Lipinski definition) is 6. The van der Waals surface area contributed by atoms with Gasteiger partial charge >= 0.3 is 5.97 Å². The number of esters is 1. The molecule has 146 valence electrons. The average Bonchev–Trinajstić information content (AvgIpc) is 2.67. The van der Waals surface area contributed by atoms with Crippen LogP contribution >= 0.6 is 12.2 Å². The third kappa shape index (κ3) is 5.65. The first-order valence-electron chi connectivity index (χ1n) is 8.65. The number of rotatable bonds is 6. The molecule has 1 saturated heterocycles. The Bertz CT molecular complexity index is 707. The topological polar surface area (TPSA) is 97.0 Å². The van der Waals surface area contributed by atoms with Crippen molar-refractivity contribution in [1.29, 1.82) is 0 Å². The summed E-state index contributed by atoms with van der Waals surface area (Å²) in [5.41, 5.74) is 0.409. The number of thiocarbonyl (C=S) groups is 1. The predicted octanol–water partition coefficient (Wildman–Crippen LogP) is 0.854. The third-order valence-corrected chi connectivity index (χ3v) is 4.33. The Morgan fingerprint density at radius 1 is 1.33 bits per heavy atom. The van der Waals surface area contributed by atoms with Crippen molar-refractivity contribution in [3.8, 4) is 5.75 Å². The van der Waals surface area contributed by atoms with Gasteiger partial charge in [-0.1, -0.05) is 6.92 Å². The molecule has 0 unspecified atom stereocenters. The number of methoxy groups -OCH3 is 1. The van der Waals surface area contributed by atoms with Gasteiger partial charge in [0.25, 0.3) is 5.91 Å². The van der Waals surface area contributed by atoms with Crippen molar-refractivity contribution in [3.63, 3.8) is 0 Å². The van der Waals surface area contributed by atoms with E-state index < -0.39 is 17.9 Å². The van der Waals surface area contributed by atoms with Crippen molar-refractivity contribution in [1.82, 2.24) is 15.5 Å². The lowest BCUT2D eigenvalue weighted by atomic mass is 10.1. The maximum atomic E-state index is 12.4. The van der Waals surface area contributed by atoms with E-state index in [1.54, 1.807) is 24.3 Å². The molecule has 0 saturated carbocycles. The summed E-state index contributed by atoms with van der Waals surface area (Å²) in [4.78, 5) is 37.6. The number of piperazine rings is 1. The third-order valence-electron chi connectivity index (χ3n) is 3.99. The normalized spacial score (nSPS) is 16.3. The minimum atomic E-state index is -0.816. The molecule has 2 rings (SSSR count). The Hall–Kier alpha value is -2.68. The van der Waals surface area contributed by atoms with Crippen molar-refractivity contribution in [2.75, 3.05) is 26.8 Å². The summed E-state index contributed by atoms with van der Waals surface area (Å²) in [6.45, 7) is 3.37. The standard InChI is InChI=1S/C18H23N3O5S/c1-3-10-26-13-6-4-12(5-7-13)16(23)20-18(27)21-9-8-19-17(24)14(21)11-15(22)25-2/h4-7,14H,3,8-11H2,1-2H3,(H,19,24)(H,20,23,27)/t14-/m0/s1. The molecule has 27 heavy (non-hydrogen) atoms. The van der Waals surface area contributed by atoms with E-state index in [0.717, 1.165) is 6.42 Å². The van der Waals surface area contributed by atoms with Gasteiger partial charge in [-0.15, -0.1) is 0 Å². The molecular weight excluding hydrogens is 370 g/mol. The van der Waals surface area contributed by atoms with Gasteiger partial charge in [0.05, 0.1) is 20.1 Å². The number of carbonyl (C=O) groups is 3. The lowest BCUT2D eigenvalue weighted by Crippen LogP contribution is -2.60. The van der Waals surface area contributed by atoms with Crippen LogP contribution in [0, 0.1) is 0 Å². The Morgan fingerprint density at radius 2 is 2.04 bits per heavy atom. The number of amides is 2. The van der Waals surface area contributed by atoms with Gasteiger partial charge in [0.2, 0.25) is 5.91 Å². The van der Waals surface area contributed by atoms with Crippen LogP contribution in [0.25, 0.3) is 0 Å². The highest BCUT2D eigenvalue weighted by atomic mass is 32.1. The molecule has 2 N–H and O–H groups in total. The molecule has 0 bridgehead atoms. The number of carbonyl (C=O) groups excluding carboxylic acids is 3. The summed E-state index contributed by atoms with van der Waals surface area (Å²) in [6.07, 6.45) is 0.745. The zero-order valence-electron chi connectivity index (χ0n) is 15.3. The van der Waals surface area contributed by atoms with Gasteiger partial charge < -0.3 is 19.7 Å². The first-order chi connectivity index (χ1) is 13.0. The molecule has 2 amide bonds. The van der Waals surface area contributed by atoms with Crippen molar-refractivity contribution in [3.05, 3.63) is 29.8 Å². The minimum Gasteiger partial charge on any atom is -0.494 e. The molecule has 9 heteroatoms. The van der Waals surface area contributed by atoms with Gasteiger partial charge in [-0.3, -0.25) is 19.7 Å². The second-order valence-corrected chi connectivity index (χ2v) is 6.30. The Labute approximate surface area is 163 Å². The van der Waals surface area contributed by atoms with Gasteiger partial charge in [0.1, 0.15) is 11.8 Å². The Kier molecular flexibility index (Phi) is 7.54. The molecule has 8 nitrogen and oxygen atoms in total. The van der Waals surface area contributed by atoms with Crippen LogP contribution in [0.4, 0.5) is 0 Å². The molecule has 0 aromatic heterocycles. The molecule has 1 aromatic rings. The second kappa shape index (κ2) is 9.86. The van der Waals surface area contributed by atoms with Crippen LogP contribution < -0.4 is 15.4 Å². The average molecular weight is 393 g/mol. The van der Waals surface area contributed by atoms with E-state index in [4.69, 9.17) is 17.0 Å². The lowest BCUT2D eigenvalue weighted by Gasteiger charge is -2.36. The zero-order chi connectivity index (χ0) is 19.8. The fraction of sp³-hybridized carbons (Fsp3) is 0.444. The highest BCUT2D eigenvalue weighted by Gasteiger charge is 2.34. The van der Waals surface area contributed by atoms with Crippen LogP contribution in [-0.2, 0) is 14.3 Å². The summed E-state index contributed by atoms with van der Waals surface area (Å²) in [7, 11) is 1.25. The van der Waals surface area contributed by atoms with E-state index in [-0.39, 0.29) is 17.4 Å². The number of hydrogen-bond donors (Lipinski definition) is 2. The Morgan fingerprint density at radius 3 is 2.67 bits per heavy atom. The minimum absolute atomic E-state index is 0.0927. The molecule has 0 radical (unpaired) electrons. The quantitative estimate of drug-likeness (QED) is 0.546. The molecule has 1 aliphatic rings. The summed E-state index contributed by atoms with van der Waals surface area (Å²) >= 11 is 5.29. The highest BCUT2D eigenvalue weighted by Crippen LogP contribution is 2.14. The fourth-order valence-electron chi connectivity index (χ4n) is 2.57. The monoisotopic (exact) mass is 393 g/mol. The van der Waals surface area contributed by atoms with E-state index >= 15 is 0 Å². The van der Waals surface area contributed by atoms with Crippen LogP contribution in [0.5, 0.6) is 5.75 Å². The Balaban J connectivity index is 2.02. The van der Waals surface area contributed by atoms with Gasteiger partial charge in [0, 0.05) is 18.7 Å². The molecule has 0 aliphatic carbocycles. The summed E-state index contributed by atoms with van der Waals surface area (Å²) in [5, 5.41) is 5.39. The first kappa shape index (κ1) is 20.6. The largest absolute Gasteiger partial charge is 0.494 e. The van der Waals surface area contributed by atoms with Crippen LogP contribution in [0.1, 0.15) is 30.1 Å². The second-order valence-electron chi connectivity index (χ2n) is 5.91. The zero-order valence-corrected chi connectivity index (χ0v) is 16.1. The van der Waals surface area contributed by atoms with Crippen molar-refractivity contribution >= 4 is 35.1 Å². The molecule has 1 atom stereocenters. The first-order valence-corrected chi connectivity index (χ1v) is 9.06. The van der Waals surface area contributed by atoms with Gasteiger partial charge in [0.15, 0.2) is 5.11 Å². The number of benzene rings is 1. The molecule has 1 heterocycles. The smallest absolute Gasteiger partial charge is 0.308 e. The van der Waals surface area contributed by atoms with Crippen molar-refractivity contribution < 1.29 is 23.9 Å². The molecule has 1 fully saturated rings. The van der Waals surface area contributed by atoms with E-state index in [0.29, 0.717) is 31.0 Å². The van der Waals surface area contributed by atoms with E-state index in [9.17, 15) is 14.4 Å². The number of nitrogens with one attached hydrogen (secondary N) is 2. The van der Waals surface area contributed by atoms with E-state index in [1.807, 2.05) is 6.92 Å². The SMILES string of the molecule is CCCOc1ccc(C(=O)NC(=S)N2CCNC(=O)[C@@H]2CC(=O)OC)cc1. The van der Waals surface area contributed by atoms with Crippen LogP contribution in [0.3, 0.4) is 0 Å². The summed E-state index contributed by atoms with van der Waals surface area (Å²) in [6, 6.07) is 5.88. The van der Waals surface area contributed by atoms with E-state index in [2.05, 4.69) is 15.4 Å². The van der Waals surface area contributed by atoms with Gasteiger partial charge in [-0.25, -0.2) is 0 Å².